The molecule has 0 amide bonds. The predicted octanol–water partition coefficient (Wildman–Crippen LogP) is 7.28. The van der Waals surface area contributed by atoms with Gasteiger partial charge in [-0.25, -0.2) is 9.97 Å². The zero-order valence-corrected chi connectivity index (χ0v) is 17.9. The van der Waals surface area contributed by atoms with Crippen LogP contribution in [0.15, 0.2) is 89.6 Å². The summed E-state index contributed by atoms with van der Waals surface area (Å²) in [5.41, 5.74) is 6.45. The van der Waals surface area contributed by atoms with E-state index in [2.05, 4.69) is 47.2 Å². The molecule has 3 nitrogen and oxygen atoms in total. The van der Waals surface area contributed by atoms with E-state index in [0.717, 1.165) is 49.4 Å². The molecule has 146 valence electrons. The average molecular weight is 427 g/mol. The van der Waals surface area contributed by atoms with Crippen molar-refractivity contribution >= 4 is 22.7 Å². The van der Waals surface area contributed by atoms with Crippen molar-refractivity contribution in [2.45, 2.75) is 0 Å². The smallest absolute Gasteiger partial charge is 0.124 e. The van der Waals surface area contributed by atoms with E-state index in [1.807, 2.05) is 42.5 Å². The number of thiazole rings is 2. The van der Waals surface area contributed by atoms with Crippen LogP contribution in [-0.4, -0.2) is 17.1 Å². The van der Waals surface area contributed by atoms with E-state index < -0.39 is 0 Å². The van der Waals surface area contributed by atoms with Gasteiger partial charge >= 0.3 is 0 Å². The lowest BCUT2D eigenvalue weighted by molar-refractivity contribution is 0.415. The van der Waals surface area contributed by atoms with Crippen molar-refractivity contribution in [2.24, 2.45) is 0 Å². The van der Waals surface area contributed by atoms with Crippen LogP contribution in [0, 0.1) is 0 Å². The SMILES string of the molecule is COc1ccc(-c2csc(-c3ccc(-c4csc(-c5ccccc5)n4)cc3)n2)cc1. The normalized spacial score (nSPS) is 10.8. The van der Waals surface area contributed by atoms with Crippen LogP contribution in [0.25, 0.3) is 43.7 Å². The van der Waals surface area contributed by atoms with E-state index >= 15 is 0 Å². The van der Waals surface area contributed by atoms with Crippen LogP contribution >= 0.6 is 22.7 Å². The van der Waals surface area contributed by atoms with Crippen molar-refractivity contribution in [3.05, 3.63) is 89.6 Å². The Balaban J connectivity index is 1.37. The summed E-state index contributed by atoms with van der Waals surface area (Å²) in [7, 11) is 1.67. The summed E-state index contributed by atoms with van der Waals surface area (Å²) in [4.78, 5) is 9.62. The van der Waals surface area contributed by atoms with Gasteiger partial charge in [0.15, 0.2) is 0 Å². The third-order valence-electron chi connectivity index (χ3n) is 4.84. The van der Waals surface area contributed by atoms with Crippen LogP contribution < -0.4 is 4.74 Å². The first-order chi connectivity index (χ1) is 14.8. The number of ether oxygens (including phenoxy) is 1. The number of aromatic nitrogens is 2. The molecule has 5 rings (SSSR count). The van der Waals surface area contributed by atoms with E-state index in [0.29, 0.717) is 0 Å². The lowest BCUT2D eigenvalue weighted by atomic mass is 10.1. The van der Waals surface area contributed by atoms with E-state index in [1.54, 1.807) is 29.8 Å². The lowest BCUT2D eigenvalue weighted by Gasteiger charge is -2.01. The number of benzene rings is 3. The molecule has 0 fully saturated rings. The molecular weight excluding hydrogens is 408 g/mol. The van der Waals surface area contributed by atoms with Gasteiger partial charge in [-0.3, -0.25) is 0 Å². The first-order valence-corrected chi connectivity index (χ1v) is 11.3. The van der Waals surface area contributed by atoms with Gasteiger partial charge < -0.3 is 4.74 Å². The minimum absolute atomic E-state index is 0.849. The third kappa shape index (κ3) is 3.77. The Morgan fingerprint density at radius 2 is 1.03 bits per heavy atom. The second kappa shape index (κ2) is 8.22. The summed E-state index contributed by atoms with van der Waals surface area (Å²) in [6.45, 7) is 0. The maximum atomic E-state index is 5.23. The predicted molar refractivity (Wildman–Crippen MR) is 126 cm³/mol. The second-order valence-corrected chi connectivity index (χ2v) is 8.46. The van der Waals surface area contributed by atoms with Gasteiger partial charge in [-0.1, -0.05) is 54.6 Å². The molecule has 0 saturated heterocycles. The van der Waals surface area contributed by atoms with E-state index in [-0.39, 0.29) is 0 Å². The minimum atomic E-state index is 0.849. The van der Waals surface area contributed by atoms with Gasteiger partial charge in [0.2, 0.25) is 0 Å². The summed E-state index contributed by atoms with van der Waals surface area (Å²) < 4.78 is 5.23. The van der Waals surface area contributed by atoms with Crippen molar-refractivity contribution in [3.8, 4) is 49.4 Å². The fourth-order valence-electron chi connectivity index (χ4n) is 3.20. The second-order valence-electron chi connectivity index (χ2n) is 6.75. The molecule has 0 aliphatic rings. The fourth-order valence-corrected chi connectivity index (χ4v) is 4.87. The molecule has 0 saturated carbocycles. The molecule has 0 spiro atoms. The number of nitrogens with zero attached hydrogens (tertiary/aromatic N) is 2. The van der Waals surface area contributed by atoms with Crippen LogP contribution in [-0.2, 0) is 0 Å². The Labute approximate surface area is 183 Å². The first-order valence-electron chi connectivity index (χ1n) is 9.52. The van der Waals surface area contributed by atoms with Gasteiger partial charge in [-0.2, -0.15) is 0 Å². The topological polar surface area (TPSA) is 35.0 Å². The molecule has 5 aromatic rings. The third-order valence-corrected chi connectivity index (χ3v) is 6.63. The van der Waals surface area contributed by atoms with E-state index in [1.165, 1.54) is 0 Å². The Kier molecular flexibility index (Phi) is 5.13. The highest BCUT2D eigenvalue weighted by Crippen LogP contribution is 2.32. The standard InChI is InChI=1S/C25H18N2OS2/c1-28-21-13-11-18(12-14-21)23-16-30-25(27-23)20-9-7-17(8-10-20)22-15-29-24(26-22)19-5-3-2-4-6-19/h2-16H,1H3. The van der Waals surface area contributed by atoms with Crippen LogP contribution in [0.2, 0.25) is 0 Å². The minimum Gasteiger partial charge on any atom is -0.497 e. The summed E-state index contributed by atoms with van der Waals surface area (Å²) in [6, 6.07) is 26.8. The first kappa shape index (κ1) is 18.7. The molecule has 2 heterocycles. The number of hydrogen-bond acceptors (Lipinski definition) is 5. The molecule has 0 aliphatic heterocycles. The molecular formula is C25H18N2OS2. The molecule has 0 unspecified atom stereocenters. The van der Waals surface area contributed by atoms with Crippen molar-refractivity contribution in [3.63, 3.8) is 0 Å². The highest BCUT2D eigenvalue weighted by molar-refractivity contribution is 7.13. The van der Waals surface area contributed by atoms with Crippen LogP contribution in [0.3, 0.4) is 0 Å². The number of hydrogen-bond donors (Lipinski definition) is 0. The monoisotopic (exact) mass is 426 g/mol. The van der Waals surface area contributed by atoms with Gasteiger partial charge in [-0.05, 0) is 24.3 Å². The van der Waals surface area contributed by atoms with E-state index in [4.69, 9.17) is 14.7 Å². The van der Waals surface area contributed by atoms with Crippen molar-refractivity contribution in [2.75, 3.05) is 7.11 Å². The zero-order chi connectivity index (χ0) is 20.3. The largest absolute Gasteiger partial charge is 0.497 e. The summed E-state index contributed by atoms with van der Waals surface area (Å²) in [5, 5.41) is 6.26. The van der Waals surface area contributed by atoms with Gasteiger partial charge in [0.05, 0.1) is 18.5 Å². The molecule has 0 radical (unpaired) electrons. The maximum Gasteiger partial charge on any atom is 0.124 e. The molecule has 2 aromatic heterocycles. The van der Waals surface area contributed by atoms with Gasteiger partial charge in [0.25, 0.3) is 0 Å². The van der Waals surface area contributed by atoms with Crippen LogP contribution in [0.5, 0.6) is 5.75 Å². The summed E-state index contributed by atoms with van der Waals surface area (Å²) in [5.74, 6) is 0.849. The molecule has 5 heteroatoms. The summed E-state index contributed by atoms with van der Waals surface area (Å²) in [6.07, 6.45) is 0. The van der Waals surface area contributed by atoms with Crippen molar-refractivity contribution in [1.29, 1.82) is 0 Å². The highest BCUT2D eigenvalue weighted by atomic mass is 32.1. The number of methoxy groups -OCH3 is 1. The summed E-state index contributed by atoms with van der Waals surface area (Å²) >= 11 is 3.33. The zero-order valence-electron chi connectivity index (χ0n) is 16.3. The molecule has 0 aliphatic carbocycles. The highest BCUT2D eigenvalue weighted by Gasteiger charge is 2.09. The Bertz CT molecular complexity index is 1260. The Morgan fingerprint density at radius 1 is 0.567 bits per heavy atom. The number of rotatable bonds is 5. The quantitative estimate of drug-likeness (QED) is 0.296. The Hall–Kier alpha value is -3.28. The molecule has 3 aromatic carbocycles. The van der Waals surface area contributed by atoms with Crippen molar-refractivity contribution in [1.82, 2.24) is 9.97 Å². The Morgan fingerprint density at radius 3 is 1.57 bits per heavy atom. The van der Waals surface area contributed by atoms with Gasteiger partial charge in [0, 0.05) is 33.0 Å². The molecule has 0 atom stereocenters. The van der Waals surface area contributed by atoms with Crippen molar-refractivity contribution < 1.29 is 4.74 Å². The van der Waals surface area contributed by atoms with Crippen LogP contribution in [0.1, 0.15) is 0 Å². The maximum absolute atomic E-state index is 5.23. The molecule has 30 heavy (non-hydrogen) atoms. The lowest BCUT2D eigenvalue weighted by Crippen LogP contribution is -1.83. The van der Waals surface area contributed by atoms with Crippen LogP contribution in [0.4, 0.5) is 0 Å². The van der Waals surface area contributed by atoms with E-state index in [9.17, 15) is 0 Å². The molecule has 0 bridgehead atoms. The fraction of sp³-hybridized carbons (Fsp3) is 0.0400. The van der Waals surface area contributed by atoms with Gasteiger partial charge in [0.1, 0.15) is 15.8 Å². The molecule has 0 N–H and O–H groups in total. The average Bonchev–Trinajstić information content (AvgIpc) is 3.50. The van der Waals surface area contributed by atoms with Gasteiger partial charge in [-0.15, -0.1) is 22.7 Å².